The number of aromatic nitrogens is 1. The van der Waals surface area contributed by atoms with Crippen LogP contribution in [0.15, 0.2) is 48.5 Å². The third kappa shape index (κ3) is 2.33. The van der Waals surface area contributed by atoms with Crippen molar-refractivity contribution < 1.29 is 4.79 Å². The second-order valence-corrected chi connectivity index (χ2v) is 4.89. The summed E-state index contributed by atoms with van der Waals surface area (Å²) >= 11 is 5.80. The molecule has 0 aliphatic heterocycles. The molecule has 0 aliphatic carbocycles. The maximum absolute atomic E-state index is 12.2. The lowest BCUT2D eigenvalue weighted by molar-refractivity contribution is 0.102. The number of rotatable bonds is 2. The van der Waals surface area contributed by atoms with Crippen LogP contribution in [0, 0.1) is 0 Å². The summed E-state index contributed by atoms with van der Waals surface area (Å²) in [5.41, 5.74) is 8.40. The minimum atomic E-state index is -0.220. The molecular weight excluding hydrogens is 274 g/mol. The van der Waals surface area contributed by atoms with E-state index in [2.05, 4.69) is 10.3 Å². The number of aromatic amines is 1. The van der Waals surface area contributed by atoms with E-state index in [9.17, 15) is 4.79 Å². The lowest BCUT2D eigenvalue weighted by atomic mass is 10.2. The number of anilines is 2. The number of H-pyrrole nitrogens is 1. The molecule has 0 radical (unpaired) electrons. The van der Waals surface area contributed by atoms with Crippen molar-refractivity contribution in [2.24, 2.45) is 0 Å². The van der Waals surface area contributed by atoms with Crippen molar-refractivity contribution in [3.63, 3.8) is 0 Å². The van der Waals surface area contributed by atoms with Crippen molar-refractivity contribution in [2.75, 3.05) is 11.1 Å². The van der Waals surface area contributed by atoms with Gasteiger partial charge >= 0.3 is 0 Å². The molecule has 1 aromatic heterocycles. The Balaban J connectivity index is 1.89. The third-order valence-corrected chi connectivity index (χ3v) is 3.29. The summed E-state index contributed by atoms with van der Waals surface area (Å²) in [7, 11) is 0. The van der Waals surface area contributed by atoms with Crippen LogP contribution in [0.25, 0.3) is 10.9 Å². The average Bonchev–Trinajstić information content (AvgIpc) is 2.87. The first-order valence-corrected chi connectivity index (χ1v) is 6.45. The zero-order valence-corrected chi connectivity index (χ0v) is 11.2. The van der Waals surface area contributed by atoms with Gasteiger partial charge in [0.25, 0.3) is 5.91 Å². The molecule has 0 spiro atoms. The number of halogens is 1. The van der Waals surface area contributed by atoms with Gasteiger partial charge in [-0.15, -0.1) is 0 Å². The molecule has 4 N–H and O–H groups in total. The van der Waals surface area contributed by atoms with Gasteiger partial charge in [0, 0.05) is 16.1 Å². The van der Waals surface area contributed by atoms with E-state index in [1.807, 2.05) is 12.1 Å². The molecule has 1 heterocycles. The van der Waals surface area contributed by atoms with Gasteiger partial charge in [-0.3, -0.25) is 4.79 Å². The first-order valence-electron chi connectivity index (χ1n) is 6.07. The van der Waals surface area contributed by atoms with Crippen molar-refractivity contribution in [3.8, 4) is 0 Å². The number of amides is 1. The fourth-order valence-corrected chi connectivity index (χ4v) is 2.16. The largest absolute Gasteiger partial charge is 0.397 e. The van der Waals surface area contributed by atoms with Gasteiger partial charge in [-0.25, -0.2) is 0 Å². The number of para-hydroxylation sites is 1. The Labute approximate surface area is 120 Å². The number of carbonyl (C=O) groups excluding carboxylic acids is 1. The van der Waals surface area contributed by atoms with E-state index in [1.165, 1.54) is 0 Å². The maximum Gasteiger partial charge on any atom is 0.272 e. The Hall–Kier alpha value is -2.46. The molecule has 0 fully saturated rings. The molecule has 100 valence electrons. The average molecular weight is 286 g/mol. The van der Waals surface area contributed by atoms with Crippen LogP contribution in [-0.4, -0.2) is 10.9 Å². The Morgan fingerprint density at radius 1 is 1.15 bits per heavy atom. The molecule has 3 aromatic rings. The van der Waals surface area contributed by atoms with E-state index in [4.69, 9.17) is 17.3 Å². The molecule has 3 rings (SSSR count). The number of nitrogen functional groups attached to an aromatic ring is 1. The predicted molar refractivity (Wildman–Crippen MR) is 82.1 cm³/mol. The fourth-order valence-electron chi connectivity index (χ4n) is 2.03. The van der Waals surface area contributed by atoms with Crippen LogP contribution >= 0.6 is 11.6 Å². The summed E-state index contributed by atoms with van der Waals surface area (Å²) in [5, 5.41) is 4.33. The second kappa shape index (κ2) is 4.90. The number of fused-ring (bicyclic) bond motifs is 1. The van der Waals surface area contributed by atoms with Crippen molar-refractivity contribution in [3.05, 3.63) is 59.2 Å². The standard InChI is InChI=1S/C15H12ClN3O/c16-10-4-6-11(7-5-10)18-15(20)13-8-9-2-1-3-12(17)14(9)19-13/h1-8,19H,17H2,(H,18,20). The summed E-state index contributed by atoms with van der Waals surface area (Å²) in [6.07, 6.45) is 0. The molecule has 20 heavy (non-hydrogen) atoms. The fraction of sp³-hybridized carbons (Fsp3) is 0. The van der Waals surface area contributed by atoms with Gasteiger partial charge in [0.2, 0.25) is 0 Å². The van der Waals surface area contributed by atoms with Crippen molar-refractivity contribution in [1.82, 2.24) is 4.98 Å². The van der Waals surface area contributed by atoms with Gasteiger partial charge in [0.15, 0.2) is 0 Å². The zero-order chi connectivity index (χ0) is 14.1. The number of hydrogen-bond donors (Lipinski definition) is 3. The van der Waals surface area contributed by atoms with Gasteiger partial charge in [-0.1, -0.05) is 23.7 Å². The zero-order valence-electron chi connectivity index (χ0n) is 10.5. The third-order valence-electron chi connectivity index (χ3n) is 3.04. The maximum atomic E-state index is 12.2. The van der Waals surface area contributed by atoms with Gasteiger partial charge in [0.05, 0.1) is 11.2 Å². The number of hydrogen-bond acceptors (Lipinski definition) is 2. The molecule has 0 atom stereocenters. The van der Waals surface area contributed by atoms with Crippen LogP contribution in [0.5, 0.6) is 0 Å². The summed E-state index contributed by atoms with van der Waals surface area (Å²) < 4.78 is 0. The Bertz CT molecular complexity index is 777. The molecule has 5 heteroatoms. The monoisotopic (exact) mass is 285 g/mol. The minimum Gasteiger partial charge on any atom is -0.397 e. The Morgan fingerprint density at radius 2 is 1.90 bits per heavy atom. The van der Waals surface area contributed by atoms with Gasteiger partial charge in [-0.2, -0.15) is 0 Å². The molecule has 0 saturated carbocycles. The van der Waals surface area contributed by atoms with Crippen molar-refractivity contribution in [1.29, 1.82) is 0 Å². The van der Waals surface area contributed by atoms with Crippen LogP contribution in [0.3, 0.4) is 0 Å². The summed E-state index contributed by atoms with van der Waals surface area (Å²) in [6, 6.07) is 14.3. The Kier molecular flexibility index (Phi) is 3.08. The molecule has 0 unspecified atom stereocenters. The van der Waals surface area contributed by atoms with Crippen LogP contribution in [0.2, 0.25) is 5.02 Å². The molecule has 1 amide bonds. The highest BCUT2D eigenvalue weighted by Crippen LogP contribution is 2.22. The molecular formula is C15H12ClN3O. The number of benzene rings is 2. The molecule has 2 aromatic carbocycles. The van der Waals surface area contributed by atoms with E-state index in [1.54, 1.807) is 36.4 Å². The van der Waals surface area contributed by atoms with Crippen LogP contribution in [0.4, 0.5) is 11.4 Å². The molecule has 0 saturated heterocycles. The topological polar surface area (TPSA) is 70.9 Å². The molecule has 4 nitrogen and oxygen atoms in total. The van der Waals surface area contributed by atoms with Crippen molar-refractivity contribution in [2.45, 2.75) is 0 Å². The lowest BCUT2D eigenvalue weighted by Crippen LogP contribution is -2.12. The first-order chi connectivity index (χ1) is 9.63. The quantitative estimate of drug-likeness (QED) is 0.629. The van der Waals surface area contributed by atoms with Crippen LogP contribution in [0.1, 0.15) is 10.5 Å². The normalized spacial score (nSPS) is 10.7. The second-order valence-electron chi connectivity index (χ2n) is 4.46. The number of nitrogens with one attached hydrogen (secondary N) is 2. The van der Waals surface area contributed by atoms with Gasteiger partial charge in [-0.05, 0) is 36.4 Å². The van der Waals surface area contributed by atoms with E-state index in [-0.39, 0.29) is 5.91 Å². The predicted octanol–water partition coefficient (Wildman–Crippen LogP) is 3.66. The minimum absolute atomic E-state index is 0.220. The smallest absolute Gasteiger partial charge is 0.272 e. The van der Waals surface area contributed by atoms with E-state index in [0.29, 0.717) is 22.1 Å². The highest BCUT2D eigenvalue weighted by molar-refractivity contribution is 6.30. The van der Waals surface area contributed by atoms with Gasteiger partial charge < -0.3 is 16.0 Å². The van der Waals surface area contributed by atoms with Gasteiger partial charge in [0.1, 0.15) is 5.69 Å². The highest BCUT2D eigenvalue weighted by Gasteiger charge is 2.10. The van der Waals surface area contributed by atoms with Crippen LogP contribution in [-0.2, 0) is 0 Å². The van der Waals surface area contributed by atoms with E-state index < -0.39 is 0 Å². The highest BCUT2D eigenvalue weighted by atomic mass is 35.5. The van der Waals surface area contributed by atoms with E-state index >= 15 is 0 Å². The lowest BCUT2D eigenvalue weighted by Gasteiger charge is -2.03. The Morgan fingerprint density at radius 3 is 2.60 bits per heavy atom. The molecule has 0 aliphatic rings. The summed E-state index contributed by atoms with van der Waals surface area (Å²) in [5.74, 6) is -0.220. The SMILES string of the molecule is Nc1cccc2cc(C(=O)Nc3ccc(Cl)cc3)[nH]c12. The number of carbonyl (C=O) groups is 1. The summed E-state index contributed by atoms with van der Waals surface area (Å²) in [6.45, 7) is 0. The van der Waals surface area contributed by atoms with E-state index in [0.717, 1.165) is 10.9 Å². The number of nitrogens with two attached hydrogens (primary N) is 1. The molecule has 0 bridgehead atoms. The first kappa shape index (κ1) is 12.6. The van der Waals surface area contributed by atoms with Crippen molar-refractivity contribution >= 4 is 39.8 Å². The summed E-state index contributed by atoms with van der Waals surface area (Å²) in [4.78, 5) is 15.2. The van der Waals surface area contributed by atoms with Crippen LogP contribution < -0.4 is 11.1 Å².